The van der Waals surface area contributed by atoms with E-state index in [0.717, 1.165) is 13.1 Å². The predicted octanol–water partition coefficient (Wildman–Crippen LogP) is 2.19. The van der Waals surface area contributed by atoms with Gasteiger partial charge in [0.1, 0.15) is 0 Å². The van der Waals surface area contributed by atoms with Crippen molar-refractivity contribution >= 4 is 5.91 Å². The van der Waals surface area contributed by atoms with E-state index in [4.69, 9.17) is 0 Å². The fourth-order valence-electron chi connectivity index (χ4n) is 3.86. The third-order valence-electron chi connectivity index (χ3n) is 5.53. The monoisotopic (exact) mass is 295 g/mol. The lowest BCUT2D eigenvalue weighted by Crippen LogP contribution is -2.54. The molecule has 0 aromatic carbocycles. The molecule has 1 saturated carbocycles. The number of rotatable bonds is 4. The minimum Gasteiger partial charge on any atom is -0.341 e. The van der Waals surface area contributed by atoms with E-state index in [1.54, 1.807) is 0 Å². The lowest BCUT2D eigenvalue weighted by atomic mass is 9.94. The first-order chi connectivity index (χ1) is 10.0. The van der Waals surface area contributed by atoms with Crippen molar-refractivity contribution in [2.24, 2.45) is 0 Å². The predicted molar refractivity (Wildman–Crippen MR) is 87.4 cm³/mol. The van der Waals surface area contributed by atoms with Crippen LogP contribution in [0.15, 0.2) is 0 Å². The molecule has 2 unspecified atom stereocenters. The first kappa shape index (κ1) is 16.8. The van der Waals surface area contributed by atoms with Crippen LogP contribution < -0.4 is 0 Å². The molecule has 2 atom stereocenters. The summed E-state index contributed by atoms with van der Waals surface area (Å²) in [4.78, 5) is 19.5. The molecule has 4 heteroatoms. The van der Waals surface area contributed by atoms with Crippen molar-refractivity contribution in [1.29, 1.82) is 0 Å². The molecule has 4 nitrogen and oxygen atoms in total. The van der Waals surface area contributed by atoms with Gasteiger partial charge in [0.15, 0.2) is 0 Å². The second kappa shape index (κ2) is 7.59. The molecule has 0 N–H and O–H groups in total. The standard InChI is InChI=1S/C17H33N3O/c1-14(20-12-8-11-16(13-20)18(2)3)17(21)19(4)15-9-6-5-7-10-15/h14-16H,5-13H2,1-4H3. The third-order valence-corrected chi connectivity index (χ3v) is 5.53. The van der Waals surface area contributed by atoms with Gasteiger partial charge in [-0.2, -0.15) is 0 Å². The number of likely N-dealkylation sites (tertiary alicyclic amines) is 1. The summed E-state index contributed by atoms with van der Waals surface area (Å²) in [5.74, 6) is 0.321. The summed E-state index contributed by atoms with van der Waals surface area (Å²) in [5.41, 5.74) is 0. The summed E-state index contributed by atoms with van der Waals surface area (Å²) in [6, 6.07) is 1.09. The minimum absolute atomic E-state index is 0.0275. The highest BCUT2D eigenvalue weighted by Gasteiger charge is 2.32. The van der Waals surface area contributed by atoms with E-state index in [1.165, 1.54) is 44.9 Å². The fraction of sp³-hybridized carbons (Fsp3) is 0.941. The normalized spacial score (nSPS) is 26.8. The molecule has 1 heterocycles. The van der Waals surface area contributed by atoms with Crippen LogP contribution in [-0.2, 0) is 4.79 Å². The van der Waals surface area contributed by atoms with Crippen molar-refractivity contribution in [1.82, 2.24) is 14.7 Å². The van der Waals surface area contributed by atoms with Gasteiger partial charge in [-0.15, -0.1) is 0 Å². The molecule has 1 saturated heterocycles. The third kappa shape index (κ3) is 4.19. The van der Waals surface area contributed by atoms with Crippen molar-refractivity contribution in [2.75, 3.05) is 34.2 Å². The molecular formula is C17H33N3O. The number of amides is 1. The van der Waals surface area contributed by atoms with Gasteiger partial charge < -0.3 is 9.80 Å². The molecule has 0 aromatic rings. The summed E-state index contributed by atoms with van der Waals surface area (Å²) in [7, 11) is 6.31. The molecule has 2 aliphatic rings. The van der Waals surface area contributed by atoms with Gasteiger partial charge in [-0.25, -0.2) is 0 Å². The summed E-state index contributed by atoms with van der Waals surface area (Å²) in [5, 5.41) is 0. The smallest absolute Gasteiger partial charge is 0.239 e. The van der Waals surface area contributed by atoms with Crippen LogP contribution in [0.3, 0.4) is 0 Å². The molecule has 122 valence electrons. The van der Waals surface area contributed by atoms with Gasteiger partial charge in [0.05, 0.1) is 6.04 Å². The molecular weight excluding hydrogens is 262 g/mol. The van der Waals surface area contributed by atoms with Crippen LogP contribution in [0.2, 0.25) is 0 Å². The highest BCUT2D eigenvalue weighted by atomic mass is 16.2. The highest BCUT2D eigenvalue weighted by molar-refractivity contribution is 5.81. The van der Waals surface area contributed by atoms with E-state index in [2.05, 4.69) is 30.8 Å². The largest absolute Gasteiger partial charge is 0.341 e. The second-order valence-electron chi connectivity index (χ2n) is 7.17. The van der Waals surface area contributed by atoms with Crippen LogP contribution in [-0.4, -0.2) is 73.0 Å². The Labute approximate surface area is 130 Å². The Bertz CT molecular complexity index is 339. The molecule has 0 radical (unpaired) electrons. The number of piperidine rings is 1. The number of carbonyl (C=O) groups excluding carboxylic acids is 1. The molecule has 2 rings (SSSR count). The van der Waals surface area contributed by atoms with Gasteiger partial charge in [-0.3, -0.25) is 9.69 Å². The maximum Gasteiger partial charge on any atom is 0.239 e. The number of carbonyl (C=O) groups is 1. The summed E-state index contributed by atoms with van der Waals surface area (Å²) < 4.78 is 0. The lowest BCUT2D eigenvalue weighted by molar-refractivity contribution is -0.138. The van der Waals surface area contributed by atoms with E-state index >= 15 is 0 Å². The summed E-state index contributed by atoms with van der Waals surface area (Å²) >= 11 is 0. The van der Waals surface area contributed by atoms with Crippen molar-refractivity contribution in [2.45, 2.75) is 70.0 Å². The fourth-order valence-corrected chi connectivity index (χ4v) is 3.86. The van der Waals surface area contributed by atoms with Gasteiger partial charge in [-0.1, -0.05) is 19.3 Å². The molecule has 1 amide bonds. The number of hydrogen-bond donors (Lipinski definition) is 0. The Morgan fingerprint density at radius 2 is 1.62 bits per heavy atom. The Morgan fingerprint density at radius 3 is 2.24 bits per heavy atom. The average Bonchev–Trinajstić information content (AvgIpc) is 2.53. The van der Waals surface area contributed by atoms with E-state index in [0.29, 0.717) is 18.0 Å². The van der Waals surface area contributed by atoms with Crippen LogP contribution in [0.1, 0.15) is 51.9 Å². The maximum absolute atomic E-state index is 12.8. The number of hydrogen-bond acceptors (Lipinski definition) is 3. The van der Waals surface area contributed by atoms with Crippen LogP contribution in [0, 0.1) is 0 Å². The van der Waals surface area contributed by atoms with Crippen LogP contribution in [0.4, 0.5) is 0 Å². The van der Waals surface area contributed by atoms with Crippen LogP contribution >= 0.6 is 0 Å². The van der Waals surface area contributed by atoms with E-state index in [-0.39, 0.29) is 6.04 Å². The summed E-state index contributed by atoms with van der Waals surface area (Å²) in [6.07, 6.45) is 8.73. The Hall–Kier alpha value is -0.610. The van der Waals surface area contributed by atoms with Gasteiger partial charge in [0.25, 0.3) is 0 Å². The lowest BCUT2D eigenvalue weighted by Gasteiger charge is -2.41. The Morgan fingerprint density at radius 1 is 1.00 bits per heavy atom. The topological polar surface area (TPSA) is 26.8 Å². The van der Waals surface area contributed by atoms with Gasteiger partial charge in [0.2, 0.25) is 5.91 Å². The van der Waals surface area contributed by atoms with Gasteiger partial charge in [0, 0.05) is 25.7 Å². The quantitative estimate of drug-likeness (QED) is 0.795. The molecule has 0 spiro atoms. The molecule has 0 aromatic heterocycles. The maximum atomic E-state index is 12.8. The first-order valence-corrected chi connectivity index (χ1v) is 8.68. The van der Waals surface area contributed by atoms with Gasteiger partial charge in [-0.05, 0) is 53.2 Å². The summed E-state index contributed by atoms with van der Waals surface area (Å²) in [6.45, 7) is 4.19. The van der Waals surface area contributed by atoms with E-state index < -0.39 is 0 Å². The molecule has 0 bridgehead atoms. The van der Waals surface area contributed by atoms with E-state index in [9.17, 15) is 4.79 Å². The zero-order valence-electron chi connectivity index (χ0n) is 14.3. The van der Waals surface area contributed by atoms with Crippen LogP contribution in [0.25, 0.3) is 0 Å². The Kier molecular flexibility index (Phi) is 6.06. The Balaban J connectivity index is 1.91. The molecule has 1 aliphatic heterocycles. The average molecular weight is 295 g/mol. The zero-order valence-corrected chi connectivity index (χ0v) is 14.3. The zero-order chi connectivity index (χ0) is 15.4. The van der Waals surface area contributed by atoms with Crippen LogP contribution in [0.5, 0.6) is 0 Å². The molecule has 21 heavy (non-hydrogen) atoms. The van der Waals surface area contributed by atoms with Crippen molar-refractivity contribution in [3.05, 3.63) is 0 Å². The second-order valence-corrected chi connectivity index (χ2v) is 7.17. The first-order valence-electron chi connectivity index (χ1n) is 8.68. The highest BCUT2D eigenvalue weighted by Crippen LogP contribution is 2.23. The van der Waals surface area contributed by atoms with Crippen molar-refractivity contribution in [3.8, 4) is 0 Å². The van der Waals surface area contributed by atoms with Crippen molar-refractivity contribution < 1.29 is 4.79 Å². The molecule has 2 fully saturated rings. The number of nitrogens with zero attached hydrogens (tertiary/aromatic N) is 3. The number of likely N-dealkylation sites (N-methyl/N-ethyl adjacent to an activating group) is 2. The molecule has 1 aliphatic carbocycles. The minimum atomic E-state index is 0.0275. The van der Waals surface area contributed by atoms with Gasteiger partial charge >= 0.3 is 0 Å². The van der Waals surface area contributed by atoms with E-state index in [1.807, 2.05) is 11.9 Å². The SMILES string of the molecule is CC(C(=O)N(C)C1CCCCC1)N1CCCC(N(C)C)C1. The van der Waals surface area contributed by atoms with Crippen molar-refractivity contribution in [3.63, 3.8) is 0 Å².